The summed E-state index contributed by atoms with van der Waals surface area (Å²) in [6.07, 6.45) is -6.48. The molecule has 10 heteroatoms. The van der Waals surface area contributed by atoms with Crippen LogP contribution < -0.4 is 5.32 Å². The molecule has 4 rings (SSSR count). The molecule has 0 radical (unpaired) electrons. The molecule has 0 aliphatic heterocycles. The first kappa shape index (κ1) is 21.7. The molecule has 31 heavy (non-hydrogen) atoms. The topological polar surface area (TPSA) is 90.5 Å². The van der Waals surface area contributed by atoms with Crippen molar-refractivity contribution in [2.24, 2.45) is 0 Å². The van der Waals surface area contributed by atoms with E-state index in [0.717, 1.165) is 32.9 Å². The van der Waals surface area contributed by atoms with Crippen molar-refractivity contribution in [2.75, 3.05) is 13.2 Å². The number of alkyl halides is 3. The van der Waals surface area contributed by atoms with Crippen molar-refractivity contribution >= 4 is 32.6 Å². The van der Waals surface area contributed by atoms with Gasteiger partial charge in [-0.25, -0.2) is 4.98 Å². The minimum atomic E-state index is -4.41. The number of nitrogens with zero attached hydrogens (tertiary/aromatic N) is 2. The van der Waals surface area contributed by atoms with E-state index in [-0.39, 0.29) is 6.54 Å². The number of benzene rings is 2. The number of nitrogens with one attached hydrogen (secondary N) is 1. The Labute approximate surface area is 179 Å². The van der Waals surface area contributed by atoms with E-state index in [9.17, 15) is 23.4 Å². The zero-order valence-electron chi connectivity index (χ0n) is 16.4. The maximum atomic E-state index is 13.0. The molecule has 0 spiro atoms. The Kier molecular flexibility index (Phi) is 5.75. The predicted octanol–water partition coefficient (Wildman–Crippen LogP) is 3.50. The van der Waals surface area contributed by atoms with Crippen molar-refractivity contribution in [3.63, 3.8) is 0 Å². The van der Waals surface area contributed by atoms with Crippen LogP contribution in [0.2, 0.25) is 0 Å². The first-order chi connectivity index (χ1) is 14.7. The van der Waals surface area contributed by atoms with Crippen molar-refractivity contribution in [1.29, 1.82) is 0 Å². The number of aliphatic hydroxyl groups excluding tert-OH is 3. The number of rotatable bonds is 6. The van der Waals surface area contributed by atoms with Crippen molar-refractivity contribution in [3.8, 4) is 5.69 Å². The summed E-state index contributed by atoms with van der Waals surface area (Å²) in [5.74, 6) is 0. The average Bonchev–Trinajstić information content (AvgIpc) is 3.25. The second kappa shape index (κ2) is 8.21. The van der Waals surface area contributed by atoms with E-state index in [4.69, 9.17) is 5.11 Å². The van der Waals surface area contributed by atoms with Gasteiger partial charge in [0, 0.05) is 17.6 Å². The molecular formula is C21H20F3N3O3S. The molecule has 0 aliphatic carbocycles. The van der Waals surface area contributed by atoms with Gasteiger partial charge in [0.2, 0.25) is 0 Å². The molecular weight excluding hydrogens is 431 g/mol. The lowest BCUT2D eigenvalue weighted by atomic mass is 10.1. The fourth-order valence-corrected chi connectivity index (χ4v) is 4.41. The number of hydrogen-bond donors (Lipinski definition) is 4. The van der Waals surface area contributed by atoms with Crippen LogP contribution in [0.4, 0.5) is 13.2 Å². The summed E-state index contributed by atoms with van der Waals surface area (Å²) in [6, 6.07) is 10.2. The van der Waals surface area contributed by atoms with Gasteiger partial charge in [0.15, 0.2) is 0 Å². The molecule has 2 heterocycles. The normalized spacial score (nSPS) is 14.4. The summed E-state index contributed by atoms with van der Waals surface area (Å²) in [6.45, 7) is 1.44. The van der Waals surface area contributed by atoms with Gasteiger partial charge in [-0.15, -0.1) is 11.3 Å². The number of thiazole rings is 1. The van der Waals surface area contributed by atoms with E-state index < -0.39 is 30.7 Å². The van der Waals surface area contributed by atoms with Gasteiger partial charge in [0.25, 0.3) is 0 Å². The number of aliphatic hydroxyl groups is 3. The first-order valence-corrected chi connectivity index (χ1v) is 10.3. The molecule has 6 nitrogen and oxygen atoms in total. The summed E-state index contributed by atoms with van der Waals surface area (Å²) < 4.78 is 40.7. The number of halogens is 3. The van der Waals surface area contributed by atoms with Gasteiger partial charge in [-0.3, -0.25) is 9.88 Å². The van der Waals surface area contributed by atoms with E-state index in [1.54, 1.807) is 18.2 Å². The molecule has 1 unspecified atom stereocenters. The van der Waals surface area contributed by atoms with Gasteiger partial charge in [-0.05, 0) is 48.9 Å². The third-order valence-electron chi connectivity index (χ3n) is 4.96. The monoisotopic (exact) mass is 451 g/mol. The largest absolute Gasteiger partial charge is 0.416 e. The van der Waals surface area contributed by atoms with E-state index in [1.165, 1.54) is 23.5 Å². The van der Waals surface area contributed by atoms with Crippen molar-refractivity contribution < 1.29 is 28.5 Å². The molecule has 0 bridgehead atoms. The number of aryl methyl sites for hydroxylation is 1. The summed E-state index contributed by atoms with van der Waals surface area (Å²) in [4.78, 5) is 5.37. The van der Waals surface area contributed by atoms with E-state index in [1.807, 2.05) is 11.5 Å². The van der Waals surface area contributed by atoms with Crippen LogP contribution in [-0.2, 0) is 6.18 Å². The molecule has 2 aromatic carbocycles. The standard InChI is InChI=1S/C21H20F3N3O3S/c1-11-26-18-16-8-12(19(30)25-9-15(29)10-28)2-7-17(16)27(20(18)31-11)14-5-3-13(4-6-14)21(22,23)24/h2-8,15,19,25,28-30H,9-10H2,1H3/t15-,19?/m1/s1. The summed E-state index contributed by atoms with van der Waals surface area (Å²) >= 11 is 1.43. The maximum absolute atomic E-state index is 13.0. The first-order valence-electron chi connectivity index (χ1n) is 9.48. The Morgan fingerprint density at radius 2 is 1.84 bits per heavy atom. The van der Waals surface area contributed by atoms with Crippen molar-refractivity contribution in [2.45, 2.75) is 25.4 Å². The minimum Gasteiger partial charge on any atom is -0.394 e. The van der Waals surface area contributed by atoms with Crippen LogP contribution in [0.1, 0.15) is 22.4 Å². The summed E-state index contributed by atoms with van der Waals surface area (Å²) in [5, 5.41) is 33.1. The van der Waals surface area contributed by atoms with E-state index in [0.29, 0.717) is 16.8 Å². The number of hydrogen-bond acceptors (Lipinski definition) is 6. The highest BCUT2D eigenvalue weighted by molar-refractivity contribution is 7.18. The third kappa shape index (κ3) is 4.17. The molecule has 0 saturated heterocycles. The highest BCUT2D eigenvalue weighted by Gasteiger charge is 2.30. The molecule has 164 valence electrons. The highest BCUT2D eigenvalue weighted by Crippen LogP contribution is 2.37. The van der Waals surface area contributed by atoms with Crippen molar-refractivity contribution in [1.82, 2.24) is 14.9 Å². The molecule has 4 N–H and O–H groups in total. The molecule has 0 saturated carbocycles. The zero-order chi connectivity index (χ0) is 22.3. The van der Waals surface area contributed by atoms with Crippen LogP contribution in [0.25, 0.3) is 26.9 Å². The maximum Gasteiger partial charge on any atom is 0.416 e. The second-order valence-corrected chi connectivity index (χ2v) is 8.37. The molecule has 0 aliphatic rings. The van der Waals surface area contributed by atoms with Gasteiger partial charge < -0.3 is 15.3 Å². The lowest BCUT2D eigenvalue weighted by Gasteiger charge is -2.16. The Balaban J connectivity index is 1.79. The Morgan fingerprint density at radius 1 is 1.13 bits per heavy atom. The van der Waals surface area contributed by atoms with E-state index in [2.05, 4.69) is 10.3 Å². The number of fused-ring (bicyclic) bond motifs is 3. The van der Waals surface area contributed by atoms with Crippen molar-refractivity contribution in [3.05, 3.63) is 58.6 Å². The smallest absolute Gasteiger partial charge is 0.394 e. The van der Waals surface area contributed by atoms with E-state index >= 15 is 0 Å². The molecule has 0 fully saturated rings. The van der Waals surface area contributed by atoms with Crippen LogP contribution in [0.15, 0.2) is 42.5 Å². The van der Waals surface area contributed by atoms with Crippen LogP contribution in [0.3, 0.4) is 0 Å². The van der Waals surface area contributed by atoms with Gasteiger partial charge in [0.05, 0.1) is 28.8 Å². The second-order valence-electron chi connectivity index (χ2n) is 7.19. The summed E-state index contributed by atoms with van der Waals surface area (Å²) in [7, 11) is 0. The van der Waals surface area contributed by atoms with Crippen LogP contribution in [-0.4, -0.2) is 44.1 Å². The van der Waals surface area contributed by atoms with Crippen LogP contribution >= 0.6 is 11.3 Å². The minimum absolute atomic E-state index is 0.00743. The lowest BCUT2D eigenvalue weighted by Crippen LogP contribution is -2.32. The fourth-order valence-electron chi connectivity index (χ4n) is 3.45. The Bertz CT molecular complexity index is 1220. The van der Waals surface area contributed by atoms with Gasteiger partial charge in [0.1, 0.15) is 16.6 Å². The van der Waals surface area contributed by atoms with Crippen LogP contribution in [0.5, 0.6) is 0 Å². The lowest BCUT2D eigenvalue weighted by molar-refractivity contribution is -0.137. The highest BCUT2D eigenvalue weighted by atomic mass is 32.1. The third-order valence-corrected chi connectivity index (χ3v) is 5.92. The quantitative estimate of drug-likeness (QED) is 0.337. The predicted molar refractivity (Wildman–Crippen MR) is 112 cm³/mol. The van der Waals surface area contributed by atoms with Gasteiger partial charge in [-0.1, -0.05) is 6.07 Å². The molecule has 2 aromatic heterocycles. The number of aromatic nitrogens is 2. The summed E-state index contributed by atoms with van der Waals surface area (Å²) in [5.41, 5.74) is 1.84. The van der Waals surface area contributed by atoms with Crippen LogP contribution in [0, 0.1) is 6.92 Å². The molecule has 4 aromatic rings. The Hall–Kier alpha value is -2.50. The van der Waals surface area contributed by atoms with Gasteiger partial charge >= 0.3 is 6.18 Å². The average molecular weight is 451 g/mol. The van der Waals surface area contributed by atoms with Gasteiger partial charge in [-0.2, -0.15) is 13.2 Å². The fraction of sp³-hybridized carbons (Fsp3) is 0.286. The molecule has 0 amide bonds. The SMILES string of the molecule is Cc1nc2c3cc(C(O)NC[C@@H](O)CO)ccc3n(-c3ccc(C(F)(F)F)cc3)c2s1. The zero-order valence-corrected chi connectivity index (χ0v) is 17.2. The molecule has 2 atom stereocenters. The Morgan fingerprint density at radius 3 is 2.48 bits per heavy atom.